The lowest BCUT2D eigenvalue weighted by atomic mass is 9.92. The maximum Gasteiger partial charge on any atom is 0.0693 e. The first-order chi connectivity index (χ1) is 8.29. The minimum atomic E-state index is -0.186. The molecule has 1 aromatic carbocycles. The Kier molecular flexibility index (Phi) is 4.19. The van der Waals surface area contributed by atoms with Crippen molar-refractivity contribution in [2.24, 2.45) is 0 Å². The van der Waals surface area contributed by atoms with Gasteiger partial charge in [0.25, 0.3) is 0 Å². The van der Waals surface area contributed by atoms with E-state index in [1.54, 1.807) is 0 Å². The Balaban J connectivity index is 1.86. The minimum Gasteiger partial charge on any atom is -0.392 e. The van der Waals surface area contributed by atoms with E-state index in [-0.39, 0.29) is 12.1 Å². The van der Waals surface area contributed by atoms with Crippen molar-refractivity contribution in [3.63, 3.8) is 0 Å². The monoisotopic (exact) mass is 229 g/mol. The molecule has 2 nitrogen and oxygen atoms in total. The molecule has 1 saturated carbocycles. The van der Waals surface area contributed by atoms with E-state index in [9.17, 15) is 5.11 Å². The van der Waals surface area contributed by atoms with Crippen molar-refractivity contribution in [2.75, 3.05) is 0 Å². The van der Waals surface area contributed by atoms with Gasteiger partial charge in [-0.3, -0.25) is 0 Å². The van der Waals surface area contributed by atoms with Gasteiger partial charge in [-0.25, -0.2) is 0 Å². The summed E-state index contributed by atoms with van der Waals surface area (Å²) in [7, 11) is 0. The first-order valence-electron chi connectivity index (χ1n) is 6.26. The van der Waals surface area contributed by atoms with Crippen molar-refractivity contribution < 1.29 is 5.11 Å². The lowest BCUT2D eigenvalue weighted by Gasteiger charge is -2.28. The van der Waals surface area contributed by atoms with Crippen molar-refractivity contribution in [2.45, 2.75) is 44.4 Å². The third kappa shape index (κ3) is 3.33. The van der Waals surface area contributed by atoms with Crippen LogP contribution in [-0.2, 0) is 6.54 Å². The summed E-state index contributed by atoms with van der Waals surface area (Å²) in [6.07, 6.45) is 9.48. The maximum absolute atomic E-state index is 9.84. The van der Waals surface area contributed by atoms with Gasteiger partial charge in [-0.05, 0) is 30.5 Å². The molecule has 0 spiro atoms. The Bertz CT molecular complexity index is 390. The highest BCUT2D eigenvalue weighted by molar-refractivity contribution is 5.34. The quantitative estimate of drug-likeness (QED) is 0.778. The number of terminal acetylenes is 1. The van der Waals surface area contributed by atoms with Crippen molar-refractivity contribution in [1.82, 2.24) is 5.32 Å². The lowest BCUT2D eigenvalue weighted by molar-refractivity contribution is 0.0902. The molecule has 0 unspecified atom stereocenters. The predicted molar refractivity (Wildman–Crippen MR) is 69.5 cm³/mol. The molecular formula is C15H19NO. The zero-order valence-electron chi connectivity index (χ0n) is 10.0. The third-order valence-electron chi connectivity index (χ3n) is 3.42. The standard InChI is InChI=1S/C15H19NO/c1-2-12-7-9-13(10-8-12)11-16-14-5-3-4-6-15(14)17/h1,7-10,14-17H,3-6,11H2/t14-,15+/m0/s1. The predicted octanol–water partition coefficient (Wildman–Crippen LogP) is 2.06. The van der Waals surface area contributed by atoms with Gasteiger partial charge in [0.05, 0.1) is 6.10 Å². The van der Waals surface area contributed by atoms with Crippen LogP contribution in [0, 0.1) is 12.3 Å². The number of aliphatic hydroxyl groups excluding tert-OH is 1. The summed E-state index contributed by atoms with van der Waals surface area (Å²) < 4.78 is 0. The molecule has 1 aliphatic carbocycles. The Hall–Kier alpha value is -1.30. The van der Waals surface area contributed by atoms with Crippen LogP contribution in [0.25, 0.3) is 0 Å². The van der Waals surface area contributed by atoms with Gasteiger partial charge in [0.1, 0.15) is 0 Å². The van der Waals surface area contributed by atoms with Crippen LogP contribution in [0.1, 0.15) is 36.8 Å². The molecule has 0 heterocycles. The summed E-state index contributed by atoms with van der Waals surface area (Å²) in [5, 5.41) is 13.3. The molecule has 0 bridgehead atoms. The van der Waals surface area contributed by atoms with E-state index < -0.39 is 0 Å². The summed E-state index contributed by atoms with van der Waals surface area (Å²) in [5.41, 5.74) is 2.12. The van der Waals surface area contributed by atoms with Crippen molar-refractivity contribution >= 4 is 0 Å². The molecule has 0 amide bonds. The fourth-order valence-electron chi connectivity index (χ4n) is 2.32. The lowest BCUT2D eigenvalue weighted by Crippen LogP contribution is -2.41. The van der Waals surface area contributed by atoms with E-state index in [4.69, 9.17) is 6.42 Å². The average molecular weight is 229 g/mol. The SMILES string of the molecule is C#Cc1ccc(CN[C@H]2CCCC[C@H]2O)cc1. The first-order valence-corrected chi connectivity index (χ1v) is 6.26. The van der Waals surface area contributed by atoms with Crippen molar-refractivity contribution in [3.05, 3.63) is 35.4 Å². The molecule has 1 fully saturated rings. The Morgan fingerprint density at radius 2 is 1.94 bits per heavy atom. The van der Waals surface area contributed by atoms with Crippen molar-refractivity contribution in [1.29, 1.82) is 0 Å². The van der Waals surface area contributed by atoms with Gasteiger partial charge in [0.2, 0.25) is 0 Å². The fourth-order valence-corrected chi connectivity index (χ4v) is 2.32. The van der Waals surface area contributed by atoms with E-state index in [0.29, 0.717) is 0 Å². The third-order valence-corrected chi connectivity index (χ3v) is 3.42. The van der Waals surface area contributed by atoms with Crippen LogP contribution in [0.4, 0.5) is 0 Å². The molecule has 2 heteroatoms. The molecule has 0 aliphatic heterocycles. The van der Waals surface area contributed by atoms with Gasteiger partial charge in [0.15, 0.2) is 0 Å². The van der Waals surface area contributed by atoms with E-state index in [1.807, 2.05) is 24.3 Å². The highest BCUT2D eigenvalue weighted by atomic mass is 16.3. The maximum atomic E-state index is 9.84. The summed E-state index contributed by atoms with van der Waals surface area (Å²) in [6.45, 7) is 0.798. The number of hydrogen-bond acceptors (Lipinski definition) is 2. The van der Waals surface area contributed by atoms with Crippen LogP contribution < -0.4 is 5.32 Å². The second-order valence-electron chi connectivity index (χ2n) is 4.68. The van der Waals surface area contributed by atoms with Crippen LogP contribution in [0.15, 0.2) is 24.3 Å². The molecule has 2 N–H and O–H groups in total. The molecule has 17 heavy (non-hydrogen) atoms. The molecule has 0 saturated heterocycles. The number of rotatable bonds is 3. The normalized spacial score (nSPS) is 24.2. The van der Waals surface area contributed by atoms with Crippen LogP contribution in [-0.4, -0.2) is 17.3 Å². The van der Waals surface area contributed by atoms with Gasteiger partial charge < -0.3 is 10.4 Å². The second-order valence-corrected chi connectivity index (χ2v) is 4.68. The average Bonchev–Trinajstić information content (AvgIpc) is 2.38. The first kappa shape index (κ1) is 12.2. The number of benzene rings is 1. The number of hydrogen-bond donors (Lipinski definition) is 2. The van der Waals surface area contributed by atoms with E-state index in [2.05, 4.69) is 11.2 Å². The summed E-state index contributed by atoms with van der Waals surface area (Å²) in [6, 6.07) is 8.23. The number of aliphatic hydroxyl groups is 1. The zero-order chi connectivity index (χ0) is 12.1. The Labute approximate surface area is 103 Å². The van der Waals surface area contributed by atoms with E-state index >= 15 is 0 Å². The van der Waals surface area contributed by atoms with E-state index in [1.165, 1.54) is 12.0 Å². The fraction of sp³-hybridized carbons (Fsp3) is 0.467. The van der Waals surface area contributed by atoms with Crippen LogP contribution in [0.3, 0.4) is 0 Å². The molecule has 0 aromatic heterocycles. The van der Waals surface area contributed by atoms with Gasteiger partial charge >= 0.3 is 0 Å². The highest BCUT2D eigenvalue weighted by Gasteiger charge is 2.21. The molecule has 2 atom stereocenters. The van der Waals surface area contributed by atoms with Gasteiger partial charge in [-0.2, -0.15) is 0 Å². The molecule has 1 aromatic rings. The smallest absolute Gasteiger partial charge is 0.0693 e. The summed E-state index contributed by atoms with van der Waals surface area (Å²) in [5.74, 6) is 2.61. The topological polar surface area (TPSA) is 32.3 Å². The van der Waals surface area contributed by atoms with Gasteiger partial charge in [-0.1, -0.05) is 30.9 Å². The Morgan fingerprint density at radius 3 is 2.59 bits per heavy atom. The minimum absolute atomic E-state index is 0.186. The molecule has 2 rings (SSSR count). The zero-order valence-corrected chi connectivity index (χ0v) is 10.0. The second kappa shape index (κ2) is 5.86. The molecule has 1 aliphatic rings. The van der Waals surface area contributed by atoms with Crippen LogP contribution in [0.5, 0.6) is 0 Å². The largest absolute Gasteiger partial charge is 0.392 e. The molecular weight excluding hydrogens is 210 g/mol. The van der Waals surface area contributed by atoms with Gasteiger partial charge in [0, 0.05) is 18.2 Å². The van der Waals surface area contributed by atoms with Crippen LogP contribution in [0.2, 0.25) is 0 Å². The van der Waals surface area contributed by atoms with Crippen LogP contribution >= 0.6 is 0 Å². The molecule has 0 radical (unpaired) electrons. The summed E-state index contributed by atoms with van der Waals surface area (Å²) in [4.78, 5) is 0. The highest BCUT2D eigenvalue weighted by Crippen LogP contribution is 2.18. The van der Waals surface area contributed by atoms with E-state index in [0.717, 1.165) is 31.4 Å². The van der Waals surface area contributed by atoms with Crippen molar-refractivity contribution in [3.8, 4) is 12.3 Å². The Morgan fingerprint density at radius 1 is 1.24 bits per heavy atom. The summed E-state index contributed by atoms with van der Waals surface area (Å²) >= 11 is 0. The number of nitrogens with one attached hydrogen (secondary N) is 1. The molecule has 90 valence electrons. The van der Waals surface area contributed by atoms with Gasteiger partial charge in [-0.15, -0.1) is 6.42 Å².